The highest BCUT2D eigenvalue weighted by molar-refractivity contribution is 7.90. The van der Waals surface area contributed by atoms with Gasteiger partial charge in [-0.2, -0.15) is 0 Å². The molecule has 0 radical (unpaired) electrons. The van der Waals surface area contributed by atoms with Crippen LogP contribution in [0.25, 0.3) is 0 Å². The van der Waals surface area contributed by atoms with Crippen molar-refractivity contribution >= 4 is 17.0 Å². The van der Waals surface area contributed by atoms with Crippen molar-refractivity contribution in [1.29, 1.82) is 0 Å². The van der Waals surface area contributed by atoms with E-state index in [1.54, 1.807) is 27.7 Å². The summed E-state index contributed by atoms with van der Waals surface area (Å²) in [4.78, 5) is 10.3. The van der Waals surface area contributed by atoms with Crippen molar-refractivity contribution in [2.75, 3.05) is 6.61 Å². The Labute approximate surface area is 132 Å². The SMILES string of the molecule is CC(C)(C)[S@@+]([O-])N[C@@](C)(CCO)c1cc([N+](=O)[O-])ccc1F. The van der Waals surface area contributed by atoms with Crippen LogP contribution in [0.3, 0.4) is 0 Å². The third kappa shape index (κ3) is 4.39. The van der Waals surface area contributed by atoms with Crippen LogP contribution in [0.1, 0.15) is 39.7 Å². The maximum absolute atomic E-state index is 14.2. The number of halogens is 1. The lowest BCUT2D eigenvalue weighted by Crippen LogP contribution is -2.50. The van der Waals surface area contributed by atoms with Gasteiger partial charge in [-0.25, -0.2) is 4.39 Å². The number of nitrogens with one attached hydrogen (secondary N) is 1. The van der Waals surface area contributed by atoms with E-state index in [4.69, 9.17) is 0 Å². The van der Waals surface area contributed by atoms with E-state index in [-0.39, 0.29) is 24.3 Å². The molecular formula is C14H21FN2O4S. The Balaban J connectivity index is 3.29. The molecule has 0 aromatic heterocycles. The maximum Gasteiger partial charge on any atom is 0.269 e. The van der Waals surface area contributed by atoms with E-state index in [1.807, 2.05) is 0 Å². The second-order valence-corrected chi connectivity index (χ2v) is 8.18. The standard InChI is InChI=1S/C14H21FN2O4S/c1-13(2,3)22(21)16-14(4,7-8-18)11-9-10(17(19)20)5-6-12(11)15/h5-6,9,16,18H,7-8H2,1-4H3/t14-,22+/m0/s1. The van der Waals surface area contributed by atoms with Crippen molar-refractivity contribution in [2.24, 2.45) is 0 Å². The van der Waals surface area contributed by atoms with Crippen molar-refractivity contribution in [1.82, 2.24) is 4.72 Å². The van der Waals surface area contributed by atoms with Crippen molar-refractivity contribution < 1.29 is 19.0 Å². The zero-order chi connectivity index (χ0) is 17.1. The highest BCUT2D eigenvalue weighted by atomic mass is 32.2. The number of aliphatic hydroxyl groups excluding tert-OH is 1. The highest BCUT2D eigenvalue weighted by Crippen LogP contribution is 2.32. The summed E-state index contributed by atoms with van der Waals surface area (Å²) in [6.07, 6.45) is 0.0624. The van der Waals surface area contributed by atoms with Gasteiger partial charge in [0.05, 0.1) is 10.5 Å². The molecule has 124 valence electrons. The van der Waals surface area contributed by atoms with E-state index < -0.39 is 32.4 Å². The molecule has 0 amide bonds. The normalized spacial score (nSPS) is 16.1. The van der Waals surface area contributed by atoms with Crippen LogP contribution in [0, 0.1) is 15.9 Å². The second-order valence-electron chi connectivity index (χ2n) is 6.21. The first-order valence-corrected chi connectivity index (χ1v) is 7.91. The average Bonchev–Trinajstić information content (AvgIpc) is 2.37. The molecule has 2 atom stereocenters. The van der Waals surface area contributed by atoms with Gasteiger partial charge < -0.3 is 9.66 Å². The van der Waals surface area contributed by atoms with Crippen LogP contribution < -0.4 is 4.72 Å². The lowest BCUT2D eigenvalue weighted by atomic mass is 9.89. The van der Waals surface area contributed by atoms with Crippen LogP contribution in [-0.4, -0.2) is 25.9 Å². The zero-order valence-electron chi connectivity index (χ0n) is 13.1. The van der Waals surface area contributed by atoms with E-state index >= 15 is 0 Å². The molecule has 22 heavy (non-hydrogen) atoms. The molecule has 0 aliphatic rings. The molecule has 0 saturated carbocycles. The third-order valence-electron chi connectivity index (χ3n) is 3.24. The molecule has 0 unspecified atom stereocenters. The van der Waals surface area contributed by atoms with Gasteiger partial charge in [0, 0.05) is 35.7 Å². The summed E-state index contributed by atoms with van der Waals surface area (Å²) in [7, 11) is 0. The highest BCUT2D eigenvalue weighted by Gasteiger charge is 2.39. The van der Waals surface area contributed by atoms with Gasteiger partial charge >= 0.3 is 0 Å². The van der Waals surface area contributed by atoms with Gasteiger partial charge in [-0.05, 0) is 40.2 Å². The summed E-state index contributed by atoms with van der Waals surface area (Å²) in [5.41, 5.74) is -1.44. The summed E-state index contributed by atoms with van der Waals surface area (Å²) in [5, 5.41) is 20.1. The Morgan fingerprint density at radius 2 is 1.95 bits per heavy atom. The molecule has 1 aromatic rings. The van der Waals surface area contributed by atoms with Crippen LogP contribution >= 0.6 is 0 Å². The van der Waals surface area contributed by atoms with Crippen molar-refractivity contribution in [3.63, 3.8) is 0 Å². The third-order valence-corrected chi connectivity index (χ3v) is 4.99. The molecule has 0 aliphatic heterocycles. The van der Waals surface area contributed by atoms with Crippen LogP contribution in [-0.2, 0) is 16.9 Å². The van der Waals surface area contributed by atoms with Gasteiger partial charge in [-0.15, -0.1) is 4.72 Å². The van der Waals surface area contributed by atoms with Crippen molar-refractivity contribution in [2.45, 2.75) is 44.4 Å². The Hall–Kier alpha value is -1.22. The molecule has 2 N–H and O–H groups in total. The largest absolute Gasteiger partial charge is 0.598 e. The Morgan fingerprint density at radius 3 is 2.41 bits per heavy atom. The number of benzene rings is 1. The molecule has 0 fully saturated rings. The van der Waals surface area contributed by atoms with Crippen molar-refractivity contribution in [3.8, 4) is 0 Å². The minimum atomic E-state index is -1.53. The monoisotopic (exact) mass is 332 g/mol. The number of aliphatic hydroxyl groups is 1. The zero-order valence-corrected chi connectivity index (χ0v) is 13.9. The quantitative estimate of drug-likeness (QED) is 0.473. The van der Waals surface area contributed by atoms with Crippen molar-refractivity contribution in [3.05, 3.63) is 39.7 Å². The number of hydrogen-bond donors (Lipinski definition) is 2. The number of nitrogens with zero attached hydrogens (tertiary/aromatic N) is 1. The van der Waals surface area contributed by atoms with Gasteiger partial charge in [0.1, 0.15) is 10.6 Å². The van der Waals surface area contributed by atoms with Crippen LogP contribution in [0.5, 0.6) is 0 Å². The summed E-state index contributed by atoms with van der Waals surface area (Å²) < 4.78 is 28.7. The summed E-state index contributed by atoms with van der Waals surface area (Å²) in [6, 6.07) is 3.18. The Morgan fingerprint density at radius 1 is 1.36 bits per heavy atom. The summed E-state index contributed by atoms with van der Waals surface area (Å²) in [6.45, 7) is 6.53. The number of nitro groups is 1. The molecule has 0 saturated heterocycles. The minimum Gasteiger partial charge on any atom is -0.598 e. The van der Waals surface area contributed by atoms with E-state index in [2.05, 4.69) is 4.72 Å². The van der Waals surface area contributed by atoms with Crippen LogP contribution in [0.15, 0.2) is 18.2 Å². The first-order chi connectivity index (χ1) is 10.0. The molecule has 0 bridgehead atoms. The van der Waals surface area contributed by atoms with Gasteiger partial charge in [-0.3, -0.25) is 10.1 Å². The predicted octanol–water partition coefficient (Wildman–Crippen LogP) is 2.38. The fourth-order valence-electron chi connectivity index (χ4n) is 1.87. The number of nitro benzene ring substituents is 1. The molecule has 8 heteroatoms. The summed E-state index contributed by atoms with van der Waals surface area (Å²) >= 11 is -1.53. The van der Waals surface area contributed by atoms with Crippen LogP contribution in [0.4, 0.5) is 10.1 Å². The molecule has 0 spiro atoms. The molecular weight excluding hydrogens is 311 g/mol. The van der Waals surface area contributed by atoms with Gasteiger partial charge in [0.2, 0.25) is 0 Å². The predicted molar refractivity (Wildman–Crippen MR) is 83.1 cm³/mol. The van der Waals surface area contributed by atoms with Gasteiger partial charge in [0.15, 0.2) is 0 Å². The summed E-state index contributed by atoms with van der Waals surface area (Å²) in [5.74, 6) is -0.653. The molecule has 0 heterocycles. The first-order valence-electron chi connectivity index (χ1n) is 6.76. The van der Waals surface area contributed by atoms with E-state index in [0.717, 1.165) is 18.2 Å². The van der Waals surface area contributed by atoms with Gasteiger partial charge in [-0.1, -0.05) is 0 Å². The smallest absolute Gasteiger partial charge is 0.269 e. The number of hydrogen-bond acceptors (Lipinski definition) is 5. The number of rotatable bonds is 6. The van der Waals surface area contributed by atoms with Crippen LogP contribution in [0.2, 0.25) is 0 Å². The Bertz CT molecular complexity index is 550. The number of non-ortho nitro benzene ring substituents is 1. The second kappa shape index (κ2) is 6.91. The lowest BCUT2D eigenvalue weighted by molar-refractivity contribution is -0.385. The Kier molecular flexibility index (Phi) is 5.91. The molecule has 1 rings (SSSR count). The van der Waals surface area contributed by atoms with E-state index in [9.17, 15) is 24.2 Å². The molecule has 6 nitrogen and oxygen atoms in total. The van der Waals surface area contributed by atoms with Gasteiger partial charge in [0.25, 0.3) is 5.69 Å². The molecule has 1 aromatic carbocycles. The van der Waals surface area contributed by atoms with E-state index in [1.165, 1.54) is 0 Å². The molecule has 0 aliphatic carbocycles. The minimum absolute atomic E-state index is 0.00773. The average molecular weight is 332 g/mol. The fraction of sp³-hybridized carbons (Fsp3) is 0.571. The maximum atomic E-state index is 14.2. The van der Waals surface area contributed by atoms with E-state index in [0.29, 0.717) is 0 Å². The lowest BCUT2D eigenvalue weighted by Gasteiger charge is -2.35. The fourth-order valence-corrected chi connectivity index (χ4v) is 2.80. The first kappa shape index (κ1) is 18.8. The topological polar surface area (TPSA) is 98.5 Å².